The van der Waals surface area contributed by atoms with Gasteiger partial charge in [-0.1, -0.05) is 6.07 Å². The number of nitrogens with one attached hydrogen (secondary N) is 1. The molecule has 0 amide bonds. The summed E-state index contributed by atoms with van der Waals surface area (Å²) in [5, 5.41) is 9.06. The van der Waals surface area contributed by atoms with Crippen molar-refractivity contribution < 1.29 is 13.2 Å². The van der Waals surface area contributed by atoms with Crippen molar-refractivity contribution in [3.63, 3.8) is 0 Å². The fourth-order valence-corrected chi connectivity index (χ4v) is 1.92. The zero-order chi connectivity index (χ0) is 14.0. The molecule has 0 radical (unpaired) electrons. The average Bonchev–Trinajstić information content (AvgIpc) is 2.76. The Bertz CT molecular complexity index is 480. The first-order chi connectivity index (χ1) is 8.86. The molecule has 1 aliphatic heterocycles. The summed E-state index contributed by atoms with van der Waals surface area (Å²) in [4.78, 5) is 0. The summed E-state index contributed by atoms with van der Waals surface area (Å²) in [5.41, 5.74) is -0.180. The van der Waals surface area contributed by atoms with Crippen molar-refractivity contribution in [1.82, 2.24) is 5.32 Å². The molecule has 0 fully saturated rings. The second kappa shape index (κ2) is 5.11. The van der Waals surface area contributed by atoms with Gasteiger partial charge in [0.2, 0.25) is 0 Å². The molecule has 2 rings (SSSR count). The average molecular weight is 271 g/mol. The molecule has 0 saturated heterocycles. The highest BCUT2D eigenvalue weighted by Gasteiger charge is 2.31. The molecule has 1 heterocycles. The normalized spacial score (nSPS) is 15.9. The van der Waals surface area contributed by atoms with E-state index in [0.717, 1.165) is 18.0 Å². The number of benzene rings is 1. The van der Waals surface area contributed by atoms with Crippen LogP contribution in [0.25, 0.3) is 0 Å². The summed E-state index contributed by atoms with van der Waals surface area (Å²) in [6.07, 6.45) is -3.60. The Morgan fingerprint density at radius 1 is 1.32 bits per heavy atom. The first kappa shape index (κ1) is 13.7. The maximum atomic E-state index is 12.6. The summed E-state index contributed by atoms with van der Waals surface area (Å²) in [5.74, 6) is 0.812. The van der Waals surface area contributed by atoms with E-state index in [2.05, 4.69) is 10.4 Å². The van der Waals surface area contributed by atoms with Gasteiger partial charge in [0.05, 0.1) is 11.3 Å². The van der Waals surface area contributed by atoms with E-state index in [9.17, 15) is 13.2 Å². The van der Waals surface area contributed by atoms with E-state index in [-0.39, 0.29) is 6.04 Å². The van der Waals surface area contributed by atoms with Crippen molar-refractivity contribution >= 4 is 11.5 Å². The third-order valence-corrected chi connectivity index (χ3v) is 2.73. The molecule has 0 unspecified atom stereocenters. The number of halogens is 3. The zero-order valence-electron chi connectivity index (χ0n) is 10.8. The first-order valence-corrected chi connectivity index (χ1v) is 6.15. The maximum Gasteiger partial charge on any atom is 0.416 e. The molecule has 1 aromatic rings. The van der Waals surface area contributed by atoms with E-state index in [4.69, 9.17) is 0 Å². The van der Waals surface area contributed by atoms with Crippen LogP contribution in [0.15, 0.2) is 29.4 Å². The van der Waals surface area contributed by atoms with Gasteiger partial charge in [-0.05, 0) is 32.0 Å². The van der Waals surface area contributed by atoms with Crippen LogP contribution < -0.4 is 10.3 Å². The lowest BCUT2D eigenvalue weighted by molar-refractivity contribution is -0.137. The Morgan fingerprint density at radius 3 is 2.68 bits per heavy atom. The third kappa shape index (κ3) is 3.39. The number of amidine groups is 1. The molecule has 19 heavy (non-hydrogen) atoms. The molecule has 0 aromatic heterocycles. The molecule has 0 aliphatic carbocycles. The van der Waals surface area contributed by atoms with Crippen molar-refractivity contribution in [2.45, 2.75) is 32.5 Å². The second-order valence-electron chi connectivity index (χ2n) is 4.77. The van der Waals surface area contributed by atoms with Crippen molar-refractivity contribution in [3.8, 4) is 0 Å². The van der Waals surface area contributed by atoms with Crippen LogP contribution in [0.4, 0.5) is 18.9 Å². The smallest absolute Gasteiger partial charge is 0.370 e. The van der Waals surface area contributed by atoms with E-state index in [1.165, 1.54) is 6.07 Å². The number of anilines is 1. The van der Waals surface area contributed by atoms with Crippen LogP contribution in [0.1, 0.15) is 25.8 Å². The number of hydrogen-bond acceptors (Lipinski definition) is 3. The maximum absolute atomic E-state index is 12.6. The minimum atomic E-state index is -4.32. The Morgan fingerprint density at radius 2 is 2.05 bits per heavy atom. The number of hydrazone groups is 1. The molecule has 1 aromatic carbocycles. The topological polar surface area (TPSA) is 27.6 Å². The van der Waals surface area contributed by atoms with Gasteiger partial charge >= 0.3 is 6.18 Å². The molecule has 0 bridgehead atoms. The number of hydrogen-bond donors (Lipinski definition) is 1. The molecule has 1 aliphatic rings. The molecule has 0 atom stereocenters. The Balaban J connectivity index is 2.18. The summed E-state index contributed by atoms with van der Waals surface area (Å²) >= 11 is 0. The van der Waals surface area contributed by atoms with Gasteiger partial charge in [0, 0.05) is 19.0 Å². The molecule has 3 nitrogen and oxygen atoms in total. The van der Waals surface area contributed by atoms with Crippen LogP contribution in [-0.2, 0) is 6.18 Å². The van der Waals surface area contributed by atoms with Crippen LogP contribution in [0, 0.1) is 0 Å². The molecular formula is C13H16F3N3. The van der Waals surface area contributed by atoms with Gasteiger partial charge in [0.25, 0.3) is 0 Å². The van der Waals surface area contributed by atoms with E-state index in [1.807, 2.05) is 13.8 Å². The Hall–Kier alpha value is -1.72. The van der Waals surface area contributed by atoms with Crippen molar-refractivity contribution in [3.05, 3.63) is 29.8 Å². The van der Waals surface area contributed by atoms with Gasteiger partial charge in [0.1, 0.15) is 5.84 Å². The van der Waals surface area contributed by atoms with E-state index >= 15 is 0 Å². The fourth-order valence-electron chi connectivity index (χ4n) is 1.92. The lowest BCUT2D eigenvalue weighted by Gasteiger charge is -2.15. The molecule has 0 saturated carbocycles. The van der Waals surface area contributed by atoms with Gasteiger partial charge in [0.15, 0.2) is 0 Å². The molecular weight excluding hydrogens is 255 g/mol. The standard InChI is InChI=1S/C13H16F3N3/c1-9(2)17-12-6-7-19(18-12)11-5-3-4-10(8-11)13(14,15)16/h3-5,8-9H,6-7H2,1-2H3,(H,17,18). The zero-order valence-corrected chi connectivity index (χ0v) is 10.8. The van der Waals surface area contributed by atoms with Crippen molar-refractivity contribution in [2.75, 3.05) is 11.6 Å². The van der Waals surface area contributed by atoms with Gasteiger partial charge in [-0.15, -0.1) is 0 Å². The third-order valence-electron chi connectivity index (χ3n) is 2.73. The predicted octanol–water partition coefficient (Wildman–Crippen LogP) is 3.23. The van der Waals surface area contributed by atoms with Crippen LogP contribution in [0.3, 0.4) is 0 Å². The summed E-state index contributed by atoms with van der Waals surface area (Å²) in [6.45, 7) is 4.58. The summed E-state index contributed by atoms with van der Waals surface area (Å²) in [6, 6.07) is 5.50. The number of alkyl halides is 3. The lowest BCUT2D eigenvalue weighted by atomic mass is 10.2. The minimum Gasteiger partial charge on any atom is -0.370 e. The highest BCUT2D eigenvalue weighted by atomic mass is 19.4. The quantitative estimate of drug-likeness (QED) is 0.894. The van der Waals surface area contributed by atoms with Crippen LogP contribution in [0.5, 0.6) is 0 Å². The minimum absolute atomic E-state index is 0.264. The van der Waals surface area contributed by atoms with Crippen LogP contribution in [0.2, 0.25) is 0 Å². The summed E-state index contributed by atoms with van der Waals surface area (Å²) < 4.78 is 37.9. The second-order valence-corrected chi connectivity index (χ2v) is 4.77. The van der Waals surface area contributed by atoms with Crippen LogP contribution in [-0.4, -0.2) is 18.4 Å². The first-order valence-electron chi connectivity index (χ1n) is 6.15. The highest BCUT2D eigenvalue weighted by molar-refractivity contribution is 5.86. The SMILES string of the molecule is CC(C)NC1=NN(c2cccc(C(F)(F)F)c2)CC1. The van der Waals surface area contributed by atoms with E-state index < -0.39 is 11.7 Å². The van der Waals surface area contributed by atoms with Crippen molar-refractivity contribution in [2.24, 2.45) is 5.10 Å². The monoisotopic (exact) mass is 271 g/mol. The van der Waals surface area contributed by atoms with Crippen molar-refractivity contribution in [1.29, 1.82) is 0 Å². The van der Waals surface area contributed by atoms with E-state index in [1.54, 1.807) is 11.1 Å². The molecule has 6 heteroatoms. The largest absolute Gasteiger partial charge is 0.416 e. The van der Waals surface area contributed by atoms with E-state index in [0.29, 0.717) is 18.7 Å². The van der Waals surface area contributed by atoms with Gasteiger partial charge in [-0.3, -0.25) is 5.01 Å². The number of nitrogens with zero attached hydrogens (tertiary/aromatic N) is 2. The fraction of sp³-hybridized carbons (Fsp3) is 0.462. The van der Waals surface area contributed by atoms with Gasteiger partial charge < -0.3 is 5.32 Å². The molecule has 104 valence electrons. The number of rotatable bonds is 2. The molecule has 1 N–H and O–H groups in total. The molecule has 0 spiro atoms. The Labute approximate surface area is 110 Å². The predicted molar refractivity (Wildman–Crippen MR) is 69.1 cm³/mol. The lowest BCUT2D eigenvalue weighted by Crippen LogP contribution is -2.28. The van der Waals surface area contributed by atoms with Gasteiger partial charge in [-0.25, -0.2) is 0 Å². The highest BCUT2D eigenvalue weighted by Crippen LogP contribution is 2.32. The summed E-state index contributed by atoms with van der Waals surface area (Å²) in [7, 11) is 0. The van der Waals surface area contributed by atoms with Crippen LogP contribution >= 0.6 is 0 Å². The Kier molecular flexibility index (Phi) is 3.68. The van der Waals surface area contributed by atoms with Gasteiger partial charge in [-0.2, -0.15) is 18.3 Å².